The van der Waals surface area contributed by atoms with Crippen molar-refractivity contribution >= 4 is 16.7 Å². The van der Waals surface area contributed by atoms with Crippen LogP contribution in [0.3, 0.4) is 0 Å². The van der Waals surface area contributed by atoms with E-state index < -0.39 is 0 Å². The van der Waals surface area contributed by atoms with Crippen molar-refractivity contribution in [3.63, 3.8) is 0 Å². The Labute approximate surface area is 122 Å². The summed E-state index contributed by atoms with van der Waals surface area (Å²) in [5.74, 6) is 1.94. The van der Waals surface area contributed by atoms with Crippen LogP contribution in [0.1, 0.15) is 11.4 Å². The number of para-hydroxylation sites is 1. The molecule has 1 aliphatic rings. The first-order valence-corrected chi connectivity index (χ1v) is 7.05. The molecule has 1 aliphatic heterocycles. The summed E-state index contributed by atoms with van der Waals surface area (Å²) in [6.07, 6.45) is 1.78. The first kappa shape index (κ1) is 12.3. The van der Waals surface area contributed by atoms with Crippen LogP contribution in [0, 0.1) is 0 Å². The van der Waals surface area contributed by atoms with Crippen LogP contribution in [0.15, 0.2) is 36.7 Å². The zero-order valence-corrected chi connectivity index (χ0v) is 11.6. The minimum atomic E-state index is 0.514. The number of nitrogens with zero attached hydrogens (tertiary/aromatic N) is 5. The summed E-state index contributed by atoms with van der Waals surface area (Å²) in [6.45, 7) is 3.03. The Morgan fingerprint density at radius 3 is 3.00 bits per heavy atom. The van der Waals surface area contributed by atoms with Gasteiger partial charge in [-0.2, -0.15) is 0 Å². The lowest BCUT2D eigenvalue weighted by atomic mass is 10.1. The van der Waals surface area contributed by atoms with Gasteiger partial charge in [0.2, 0.25) is 0 Å². The van der Waals surface area contributed by atoms with E-state index >= 15 is 0 Å². The van der Waals surface area contributed by atoms with Gasteiger partial charge in [0.15, 0.2) is 5.82 Å². The molecule has 3 heterocycles. The lowest BCUT2D eigenvalue weighted by Gasteiger charge is -2.28. The molecule has 0 spiro atoms. The van der Waals surface area contributed by atoms with Crippen molar-refractivity contribution in [3.05, 3.63) is 48.0 Å². The van der Waals surface area contributed by atoms with E-state index in [9.17, 15) is 0 Å². The quantitative estimate of drug-likeness (QED) is 0.766. The average molecular weight is 280 g/mol. The van der Waals surface area contributed by atoms with Gasteiger partial charge >= 0.3 is 0 Å². The van der Waals surface area contributed by atoms with Crippen LogP contribution in [-0.4, -0.2) is 26.3 Å². The molecule has 0 unspecified atom stereocenters. The molecular formula is C15H16N6. The minimum absolute atomic E-state index is 0.514. The van der Waals surface area contributed by atoms with Gasteiger partial charge in [-0.05, 0) is 17.7 Å². The van der Waals surface area contributed by atoms with Crippen LogP contribution in [0.4, 0.5) is 5.82 Å². The fourth-order valence-corrected chi connectivity index (χ4v) is 2.82. The topological polar surface area (TPSA) is 72.9 Å². The first-order chi connectivity index (χ1) is 10.3. The Kier molecular flexibility index (Phi) is 2.82. The third-order valence-electron chi connectivity index (χ3n) is 3.97. The SMILES string of the molecule is NCc1cc(N2CCn3cnnc3C2)nc2ccccc12. The molecule has 2 N–H and O–H groups in total. The standard InChI is InChI=1S/C15H16N6/c16-8-11-7-14(18-13-4-2-1-3-12(11)13)20-5-6-21-10-17-19-15(21)9-20/h1-4,7,10H,5-6,8-9,16H2. The van der Waals surface area contributed by atoms with Crippen LogP contribution < -0.4 is 10.6 Å². The maximum Gasteiger partial charge on any atom is 0.152 e. The van der Waals surface area contributed by atoms with Crippen LogP contribution >= 0.6 is 0 Å². The molecule has 6 nitrogen and oxygen atoms in total. The molecule has 21 heavy (non-hydrogen) atoms. The second kappa shape index (κ2) is 4.82. The molecule has 0 aliphatic carbocycles. The third-order valence-corrected chi connectivity index (χ3v) is 3.97. The molecular weight excluding hydrogens is 264 g/mol. The number of pyridine rings is 1. The van der Waals surface area contributed by atoms with Gasteiger partial charge in [-0.3, -0.25) is 0 Å². The Hall–Kier alpha value is -2.47. The van der Waals surface area contributed by atoms with Gasteiger partial charge < -0.3 is 15.2 Å². The van der Waals surface area contributed by atoms with E-state index in [-0.39, 0.29) is 0 Å². The van der Waals surface area contributed by atoms with Crippen molar-refractivity contribution in [2.24, 2.45) is 5.73 Å². The van der Waals surface area contributed by atoms with E-state index in [1.165, 1.54) is 0 Å². The second-order valence-corrected chi connectivity index (χ2v) is 5.22. The zero-order chi connectivity index (χ0) is 14.2. The fourth-order valence-electron chi connectivity index (χ4n) is 2.82. The molecule has 0 saturated heterocycles. The monoisotopic (exact) mass is 280 g/mol. The van der Waals surface area contributed by atoms with E-state index in [1.807, 2.05) is 18.2 Å². The van der Waals surface area contributed by atoms with E-state index in [4.69, 9.17) is 10.7 Å². The summed E-state index contributed by atoms with van der Waals surface area (Å²) in [7, 11) is 0. The number of hydrogen-bond acceptors (Lipinski definition) is 5. The van der Waals surface area contributed by atoms with E-state index in [0.29, 0.717) is 6.54 Å². The number of aromatic nitrogens is 4. The summed E-state index contributed by atoms with van der Waals surface area (Å²) in [4.78, 5) is 7.01. The number of hydrogen-bond donors (Lipinski definition) is 1. The highest BCUT2D eigenvalue weighted by Gasteiger charge is 2.19. The highest BCUT2D eigenvalue weighted by Crippen LogP contribution is 2.24. The highest BCUT2D eigenvalue weighted by atomic mass is 15.3. The molecule has 106 valence electrons. The predicted octanol–water partition coefficient (Wildman–Crippen LogP) is 1.31. The minimum Gasteiger partial charge on any atom is -0.347 e. The number of benzene rings is 1. The Balaban J connectivity index is 1.77. The van der Waals surface area contributed by atoms with Crippen molar-refractivity contribution < 1.29 is 0 Å². The Morgan fingerprint density at radius 1 is 1.19 bits per heavy atom. The van der Waals surface area contributed by atoms with Crippen LogP contribution in [0.5, 0.6) is 0 Å². The first-order valence-electron chi connectivity index (χ1n) is 7.05. The molecule has 6 heteroatoms. The Bertz CT molecular complexity index is 794. The van der Waals surface area contributed by atoms with Crippen molar-refractivity contribution in [3.8, 4) is 0 Å². The molecule has 2 aromatic heterocycles. The van der Waals surface area contributed by atoms with E-state index in [1.54, 1.807) is 6.33 Å². The maximum atomic E-state index is 5.90. The van der Waals surface area contributed by atoms with Crippen molar-refractivity contribution in [2.45, 2.75) is 19.6 Å². The van der Waals surface area contributed by atoms with Crippen LogP contribution in [0.25, 0.3) is 10.9 Å². The number of anilines is 1. The summed E-state index contributed by atoms with van der Waals surface area (Å²) in [6, 6.07) is 10.2. The van der Waals surface area contributed by atoms with Crippen molar-refractivity contribution in [1.29, 1.82) is 0 Å². The maximum absolute atomic E-state index is 5.90. The van der Waals surface area contributed by atoms with Crippen molar-refractivity contribution in [1.82, 2.24) is 19.7 Å². The molecule has 0 radical (unpaired) electrons. The molecule has 0 bridgehead atoms. The average Bonchev–Trinajstić information content (AvgIpc) is 3.01. The number of fused-ring (bicyclic) bond motifs is 2. The van der Waals surface area contributed by atoms with Gasteiger partial charge in [-0.25, -0.2) is 4.98 Å². The van der Waals surface area contributed by atoms with Crippen molar-refractivity contribution in [2.75, 3.05) is 11.4 Å². The summed E-state index contributed by atoms with van der Waals surface area (Å²) < 4.78 is 2.08. The lowest BCUT2D eigenvalue weighted by molar-refractivity contribution is 0.556. The third kappa shape index (κ3) is 2.04. The normalized spacial score (nSPS) is 14.4. The van der Waals surface area contributed by atoms with Gasteiger partial charge in [0.1, 0.15) is 12.1 Å². The molecule has 0 fully saturated rings. The van der Waals surface area contributed by atoms with Gasteiger partial charge in [-0.1, -0.05) is 18.2 Å². The number of rotatable bonds is 2. The van der Waals surface area contributed by atoms with E-state index in [2.05, 4.69) is 31.8 Å². The van der Waals surface area contributed by atoms with Gasteiger partial charge in [0, 0.05) is 25.0 Å². The Morgan fingerprint density at radius 2 is 2.10 bits per heavy atom. The van der Waals surface area contributed by atoms with Crippen LogP contribution in [-0.2, 0) is 19.6 Å². The van der Waals surface area contributed by atoms with Gasteiger partial charge in [0.05, 0.1) is 12.1 Å². The summed E-state index contributed by atoms with van der Waals surface area (Å²) in [5.41, 5.74) is 8.02. The lowest BCUT2D eigenvalue weighted by Crippen LogP contribution is -2.34. The molecule has 0 amide bonds. The molecule has 4 rings (SSSR count). The fraction of sp³-hybridized carbons (Fsp3) is 0.267. The molecule has 0 atom stereocenters. The van der Waals surface area contributed by atoms with Gasteiger partial charge in [-0.15, -0.1) is 10.2 Å². The molecule has 1 aromatic carbocycles. The van der Waals surface area contributed by atoms with Crippen LogP contribution in [0.2, 0.25) is 0 Å². The predicted molar refractivity (Wildman–Crippen MR) is 80.7 cm³/mol. The second-order valence-electron chi connectivity index (χ2n) is 5.22. The highest BCUT2D eigenvalue weighted by molar-refractivity contribution is 5.84. The number of nitrogens with two attached hydrogens (primary N) is 1. The smallest absolute Gasteiger partial charge is 0.152 e. The van der Waals surface area contributed by atoms with E-state index in [0.717, 1.165) is 47.7 Å². The largest absolute Gasteiger partial charge is 0.347 e. The molecule has 3 aromatic rings. The summed E-state index contributed by atoms with van der Waals surface area (Å²) in [5, 5.41) is 9.25. The molecule has 0 saturated carbocycles. The summed E-state index contributed by atoms with van der Waals surface area (Å²) >= 11 is 0. The zero-order valence-electron chi connectivity index (χ0n) is 11.6. The van der Waals surface area contributed by atoms with Gasteiger partial charge in [0.25, 0.3) is 0 Å².